The summed E-state index contributed by atoms with van der Waals surface area (Å²) >= 11 is 0. The third-order valence-corrected chi connectivity index (χ3v) is 2.02. The summed E-state index contributed by atoms with van der Waals surface area (Å²) in [6.07, 6.45) is 0.894. The molecular weight excluding hydrogens is 186 g/mol. The van der Waals surface area contributed by atoms with Crippen molar-refractivity contribution in [3.05, 3.63) is 11.9 Å². The number of ether oxygens (including phenoxy) is 1. The first-order valence-corrected chi connectivity index (χ1v) is 4.24. The zero-order chi connectivity index (χ0) is 10.7. The van der Waals surface area contributed by atoms with Gasteiger partial charge in [-0.1, -0.05) is 5.21 Å². The predicted octanol–water partition coefficient (Wildman–Crippen LogP) is 0.00650. The molecule has 1 aromatic heterocycles. The number of nitrogens with zero attached hydrogens (tertiary/aromatic N) is 3. The van der Waals surface area contributed by atoms with Crippen LogP contribution in [0.5, 0.6) is 0 Å². The lowest BCUT2D eigenvalue weighted by Crippen LogP contribution is -2.18. The quantitative estimate of drug-likeness (QED) is 0.694. The van der Waals surface area contributed by atoms with E-state index in [-0.39, 0.29) is 11.7 Å². The van der Waals surface area contributed by atoms with Crippen molar-refractivity contribution < 1.29 is 14.6 Å². The first-order valence-electron chi connectivity index (χ1n) is 4.24. The summed E-state index contributed by atoms with van der Waals surface area (Å²) in [6.45, 7) is 3.42. The first kappa shape index (κ1) is 10.6. The molecule has 0 saturated carbocycles. The molecule has 6 nitrogen and oxygen atoms in total. The van der Waals surface area contributed by atoms with Crippen molar-refractivity contribution >= 4 is 5.97 Å². The van der Waals surface area contributed by atoms with Crippen LogP contribution in [0.25, 0.3) is 0 Å². The Hall–Kier alpha value is -1.43. The van der Waals surface area contributed by atoms with Crippen molar-refractivity contribution in [2.75, 3.05) is 7.11 Å². The standard InChI is InChI=1S/C8H13N3O3/c1-5(6(2)12)11-4-7(9-10-11)8(13)14-3/h4-6,12H,1-3H3. The van der Waals surface area contributed by atoms with Crippen LogP contribution in [0.4, 0.5) is 0 Å². The van der Waals surface area contributed by atoms with E-state index in [0.717, 1.165) is 0 Å². The van der Waals surface area contributed by atoms with E-state index >= 15 is 0 Å². The summed E-state index contributed by atoms with van der Waals surface area (Å²) in [5, 5.41) is 16.6. The second kappa shape index (κ2) is 4.19. The van der Waals surface area contributed by atoms with Gasteiger partial charge in [0.05, 0.1) is 25.5 Å². The van der Waals surface area contributed by atoms with Gasteiger partial charge in [-0.25, -0.2) is 9.48 Å². The Bertz CT molecular complexity index is 321. The van der Waals surface area contributed by atoms with Crippen molar-refractivity contribution in [3.63, 3.8) is 0 Å². The third kappa shape index (κ3) is 2.08. The summed E-state index contributed by atoms with van der Waals surface area (Å²) < 4.78 is 5.90. The van der Waals surface area contributed by atoms with Crippen LogP contribution in [0.1, 0.15) is 30.4 Å². The van der Waals surface area contributed by atoms with Gasteiger partial charge in [0.1, 0.15) is 0 Å². The summed E-state index contributed by atoms with van der Waals surface area (Å²) in [6, 6.07) is -0.221. The number of hydrogen-bond acceptors (Lipinski definition) is 5. The number of carbonyl (C=O) groups excluding carboxylic acids is 1. The molecule has 14 heavy (non-hydrogen) atoms. The normalized spacial score (nSPS) is 14.9. The van der Waals surface area contributed by atoms with E-state index in [1.54, 1.807) is 13.8 Å². The summed E-state index contributed by atoms with van der Waals surface area (Å²) in [7, 11) is 1.28. The maximum absolute atomic E-state index is 11.0. The van der Waals surface area contributed by atoms with Crippen molar-refractivity contribution in [2.45, 2.75) is 26.0 Å². The van der Waals surface area contributed by atoms with Gasteiger partial charge >= 0.3 is 5.97 Å². The first-order chi connectivity index (χ1) is 6.56. The second-order valence-corrected chi connectivity index (χ2v) is 3.06. The van der Waals surface area contributed by atoms with Gasteiger partial charge in [-0.2, -0.15) is 0 Å². The lowest BCUT2D eigenvalue weighted by molar-refractivity contribution is 0.0593. The van der Waals surface area contributed by atoms with Crippen LogP contribution >= 0.6 is 0 Å². The molecule has 1 aromatic rings. The molecule has 0 radical (unpaired) electrons. The van der Waals surface area contributed by atoms with Crippen LogP contribution in [0.15, 0.2) is 6.20 Å². The van der Waals surface area contributed by atoms with Crippen LogP contribution in [0.2, 0.25) is 0 Å². The van der Waals surface area contributed by atoms with E-state index in [1.165, 1.54) is 18.0 Å². The largest absolute Gasteiger partial charge is 0.464 e. The Kier molecular flexibility index (Phi) is 3.19. The number of aliphatic hydroxyl groups excluding tert-OH is 1. The molecule has 0 fully saturated rings. The average Bonchev–Trinajstić information content (AvgIpc) is 2.64. The van der Waals surface area contributed by atoms with Gasteiger partial charge in [0.25, 0.3) is 0 Å². The highest BCUT2D eigenvalue weighted by Crippen LogP contribution is 2.09. The van der Waals surface area contributed by atoms with Crippen molar-refractivity contribution in [3.8, 4) is 0 Å². The molecule has 0 aliphatic carbocycles. The van der Waals surface area contributed by atoms with Gasteiger partial charge in [-0.3, -0.25) is 0 Å². The van der Waals surface area contributed by atoms with Crippen LogP contribution in [-0.4, -0.2) is 39.3 Å². The molecule has 0 spiro atoms. The number of aliphatic hydroxyl groups is 1. The predicted molar refractivity (Wildman–Crippen MR) is 47.8 cm³/mol. The molecule has 0 amide bonds. The second-order valence-electron chi connectivity index (χ2n) is 3.06. The molecule has 2 unspecified atom stereocenters. The Morgan fingerprint density at radius 1 is 1.64 bits per heavy atom. The van der Waals surface area contributed by atoms with Crippen LogP contribution in [-0.2, 0) is 4.74 Å². The maximum atomic E-state index is 11.0. The molecular formula is C8H13N3O3. The summed E-state index contributed by atoms with van der Waals surface area (Å²) in [5.74, 6) is -0.533. The number of carbonyl (C=O) groups is 1. The van der Waals surface area contributed by atoms with E-state index in [9.17, 15) is 9.90 Å². The average molecular weight is 199 g/mol. The molecule has 1 rings (SSSR count). The Labute approximate surface area is 81.5 Å². The van der Waals surface area contributed by atoms with Crippen LogP contribution < -0.4 is 0 Å². The lowest BCUT2D eigenvalue weighted by atomic mass is 10.2. The molecule has 78 valence electrons. The van der Waals surface area contributed by atoms with Crippen LogP contribution in [0, 0.1) is 0 Å². The van der Waals surface area contributed by atoms with E-state index < -0.39 is 12.1 Å². The SMILES string of the molecule is COC(=O)c1cn(C(C)C(C)O)nn1. The van der Waals surface area contributed by atoms with Gasteiger partial charge < -0.3 is 9.84 Å². The molecule has 0 bridgehead atoms. The minimum Gasteiger partial charge on any atom is -0.464 e. The molecule has 0 saturated heterocycles. The lowest BCUT2D eigenvalue weighted by Gasteiger charge is -2.13. The Morgan fingerprint density at radius 2 is 2.29 bits per heavy atom. The Balaban J connectivity index is 2.82. The highest BCUT2D eigenvalue weighted by molar-refractivity contribution is 5.86. The third-order valence-electron chi connectivity index (χ3n) is 2.02. The molecule has 0 aromatic carbocycles. The molecule has 0 aliphatic rings. The summed E-state index contributed by atoms with van der Waals surface area (Å²) in [5.41, 5.74) is 0.139. The Morgan fingerprint density at radius 3 is 2.79 bits per heavy atom. The van der Waals surface area contributed by atoms with Crippen molar-refractivity contribution in [1.82, 2.24) is 15.0 Å². The fourth-order valence-corrected chi connectivity index (χ4v) is 0.895. The molecule has 1 heterocycles. The monoisotopic (exact) mass is 199 g/mol. The minimum atomic E-state index is -0.554. The van der Waals surface area contributed by atoms with Crippen molar-refractivity contribution in [2.24, 2.45) is 0 Å². The van der Waals surface area contributed by atoms with Gasteiger partial charge in [-0.15, -0.1) is 5.10 Å². The number of methoxy groups -OCH3 is 1. The fourth-order valence-electron chi connectivity index (χ4n) is 0.895. The van der Waals surface area contributed by atoms with E-state index in [0.29, 0.717) is 0 Å². The molecule has 1 N–H and O–H groups in total. The minimum absolute atomic E-state index is 0.139. The molecule has 2 atom stereocenters. The number of aromatic nitrogens is 3. The van der Waals surface area contributed by atoms with E-state index in [4.69, 9.17) is 0 Å². The van der Waals surface area contributed by atoms with Gasteiger partial charge in [0.2, 0.25) is 0 Å². The summed E-state index contributed by atoms with van der Waals surface area (Å²) in [4.78, 5) is 11.0. The molecule has 0 aliphatic heterocycles. The highest BCUT2D eigenvalue weighted by Gasteiger charge is 2.16. The van der Waals surface area contributed by atoms with Crippen molar-refractivity contribution in [1.29, 1.82) is 0 Å². The molecule has 6 heteroatoms. The number of esters is 1. The van der Waals surface area contributed by atoms with E-state index in [2.05, 4.69) is 15.0 Å². The maximum Gasteiger partial charge on any atom is 0.360 e. The fraction of sp³-hybridized carbons (Fsp3) is 0.625. The highest BCUT2D eigenvalue weighted by atomic mass is 16.5. The van der Waals surface area contributed by atoms with Gasteiger partial charge in [0, 0.05) is 0 Å². The number of rotatable bonds is 3. The zero-order valence-corrected chi connectivity index (χ0v) is 8.34. The smallest absolute Gasteiger partial charge is 0.360 e. The van der Waals surface area contributed by atoms with Crippen LogP contribution in [0.3, 0.4) is 0 Å². The van der Waals surface area contributed by atoms with Gasteiger partial charge in [0.15, 0.2) is 5.69 Å². The topological polar surface area (TPSA) is 77.2 Å². The zero-order valence-electron chi connectivity index (χ0n) is 8.34. The van der Waals surface area contributed by atoms with Gasteiger partial charge in [-0.05, 0) is 13.8 Å². The number of hydrogen-bond donors (Lipinski definition) is 1. The van der Waals surface area contributed by atoms with E-state index in [1.807, 2.05) is 0 Å².